The van der Waals surface area contributed by atoms with Crippen LogP contribution in [0.25, 0.3) is 0 Å². The van der Waals surface area contributed by atoms with Crippen molar-refractivity contribution in [2.75, 3.05) is 7.11 Å². The summed E-state index contributed by atoms with van der Waals surface area (Å²) in [7, 11) is 1.59. The predicted molar refractivity (Wildman–Crippen MR) is 123 cm³/mol. The second-order valence-electron chi connectivity index (χ2n) is 9.26. The zero-order chi connectivity index (χ0) is 23.6. The van der Waals surface area contributed by atoms with Crippen molar-refractivity contribution in [3.63, 3.8) is 0 Å². The van der Waals surface area contributed by atoms with Crippen LogP contribution in [0.15, 0.2) is 59.9 Å². The number of ketones is 1. The highest BCUT2D eigenvalue weighted by Gasteiger charge is 2.45. The van der Waals surface area contributed by atoms with Gasteiger partial charge in [0.05, 0.1) is 24.8 Å². The minimum atomic E-state index is -0.751. The molecule has 1 N–H and O–H groups in total. The Morgan fingerprint density at radius 1 is 1.03 bits per heavy atom. The molecule has 1 heterocycles. The predicted octanol–water partition coefficient (Wildman–Crippen LogP) is 4.99. The first-order valence-corrected chi connectivity index (χ1v) is 10.7. The van der Waals surface area contributed by atoms with E-state index in [0.29, 0.717) is 11.5 Å². The molecule has 0 bridgehead atoms. The summed E-state index contributed by atoms with van der Waals surface area (Å²) in [6.45, 7) is 9.47. The summed E-state index contributed by atoms with van der Waals surface area (Å²) in [5, 5.41) is 10.7. The number of carbonyl (C=O) groups is 2. The van der Waals surface area contributed by atoms with Gasteiger partial charge in [-0.25, -0.2) is 0 Å². The SMILES string of the molecule is COc1ccc(CN2C(=O)C(O)=C(C(=O)C(C)(C)C)C2c2ccc(OC(C)C)cc2)cc1. The molecular weight excluding hydrogens is 406 g/mol. The number of methoxy groups -OCH3 is 1. The summed E-state index contributed by atoms with van der Waals surface area (Å²) >= 11 is 0. The molecule has 1 atom stereocenters. The molecule has 1 aliphatic heterocycles. The third-order valence-corrected chi connectivity index (χ3v) is 5.31. The van der Waals surface area contributed by atoms with E-state index >= 15 is 0 Å². The van der Waals surface area contributed by atoms with Gasteiger partial charge in [0.1, 0.15) is 11.5 Å². The number of aliphatic hydroxyl groups excluding tert-OH is 1. The lowest BCUT2D eigenvalue weighted by Gasteiger charge is -2.29. The quantitative estimate of drug-likeness (QED) is 0.660. The van der Waals surface area contributed by atoms with Crippen LogP contribution in [0.3, 0.4) is 0 Å². The van der Waals surface area contributed by atoms with E-state index in [4.69, 9.17) is 9.47 Å². The molecule has 32 heavy (non-hydrogen) atoms. The Bertz CT molecular complexity index is 1010. The molecule has 1 amide bonds. The van der Waals surface area contributed by atoms with E-state index in [1.807, 2.05) is 62.4 Å². The average molecular weight is 438 g/mol. The Balaban J connectivity index is 2.03. The van der Waals surface area contributed by atoms with Crippen molar-refractivity contribution in [3.05, 3.63) is 71.0 Å². The zero-order valence-electron chi connectivity index (χ0n) is 19.5. The maximum atomic E-state index is 13.3. The molecule has 0 aromatic heterocycles. The minimum absolute atomic E-state index is 0.0300. The van der Waals surface area contributed by atoms with Crippen molar-refractivity contribution in [2.45, 2.75) is 53.3 Å². The van der Waals surface area contributed by atoms with Crippen molar-refractivity contribution < 1.29 is 24.2 Å². The Hall–Kier alpha value is -3.28. The van der Waals surface area contributed by atoms with Crippen molar-refractivity contribution >= 4 is 11.7 Å². The molecule has 0 saturated heterocycles. The number of amides is 1. The summed E-state index contributed by atoms with van der Waals surface area (Å²) in [5.41, 5.74) is 0.980. The highest BCUT2D eigenvalue weighted by Crippen LogP contribution is 2.42. The smallest absolute Gasteiger partial charge is 0.290 e. The van der Waals surface area contributed by atoms with Gasteiger partial charge in [0.15, 0.2) is 11.5 Å². The van der Waals surface area contributed by atoms with E-state index in [9.17, 15) is 14.7 Å². The van der Waals surface area contributed by atoms with Crippen molar-refractivity contribution in [2.24, 2.45) is 5.41 Å². The molecule has 170 valence electrons. The minimum Gasteiger partial charge on any atom is -0.503 e. The fourth-order valence-electron chi connectivity index (χ4n) is 3.73. The van der Waals surface area contributed by atoms with Gasteiger partial charge in [0.25, 0.3) is 5.91 Å². The van der Waals surface area contributed by atoms with Crippen LogP contribution >= 0.6 is 0 Å². The van der Waals surface area contributed by atoms with E-state index in [-0.39, 0.29) is 24.0 Å². The van der Waals surface area contributed by atoms with Crippen LogP contribution in [0.2, 0.25) is 0 Å². The molecule has 6 heteroatoms. The van der Waals surface area contributed by atoms with Gasteiger partial charge in [-0.2, -0.15) is 0 Å². The Morgan fingerprint density at radius 3 is 2.09 bits per heavy atom. The van der Waals surface area contributed by atoms with Crippen LogP contribution in [-0.2, 0) is 16.1 Å². The van der Waals surface area contributed by atoms with Crippen molar-refractivity contribution in [3.8, 4) is 11.5 Å². The third-order valence-electron chi connectivity index (χ3n) is 5.31. The molecule has 0 saturated carbocycles. The van der Waals surface area contributed by atoms with Crippen LogP contribution in [0.5, 0.6) is 11.5 Å². The lowest BCUT2D eigenvalue weighted by molar-refractivity contribution is -0.130. The fourth-order valence-corrected chi connectivity index (χ4v) is 3.73. The Kier molecular flexibility index (Phi) is 6.63. The molecule has 2 aromatic rings. The largest absolute Gasteiger partial charge is 0.503 e. The summed E-state index contributed by atoms with van der Waals surface area (Å²) in [4.78, 5) is 27.9. The van der Waals surface area contributed by atoms with Gasteiger partial charge >= 0.3 is 0 Å². The van der Waals surface area contributed by atoms with Gasteiger partial charge in [0, 0.05) is 12.0 Å². The molecule has 0 aliphatic carbocycles. The van der Waals surface area contributed by atoms with Gasteiger partial charge < -0.3 is 19.5 Å². The third kappa shape index (κ3) is 4.79. The van der Waals surface area contributed by atoms with Crippen molar-refractivity contribution in [1.29, 1.82) is 0 Å². The van der Waals surface area contributed by atoms with Gasteiger partial charge in [0.2, 0.25) is 0 Å². The van der Waals surface area contributed by atoms with Gasteiger partial charge in [-0.05, 0) is 49.2 Å². The summed E-state index contributed by atoms with van der Waals surface area (Å²) < 4.78 is 10.9. The molecule has 1 aliphatic rings. The van der Waals surface area contributed by atoms with Crippen LogP contribution in [0, 0.1) is 5.41 Å². The zero-order valence-corrected chi connectivity index (χ0v) is 19.5. The number of aliphatic hydroxyl groups is 1. The van der Waals surface area contributed by atoms with Gasteiger partial charge in [-0.15, -0.1) is 0 Å². The lowest BCUT2D eigenvalue weighted by Crippen LogP contribution is -2.32. The maximum Gasteiger partial charge on any atom is 0.290 e. The molecule has 0 spiro atoms. The number of ether oxygens (including phenoxy) is 2. The molecule has 2 aromatic carbocycles. The number of benzene rings is 2. The second kappa shape index (κ2) is 9.07. The molecule has 0 radical (unpaired) electrons. The van der Waals surface area contributed by atoms with Gasteiger partial charge in [-0.3, -0.25) is 9.59 Å². The van der Waals surface area contributed by atoms with E-state index < -0.39 is 23.1 Å². The number of carbonyl (C=O) groups excluding carboxylic acids is 2. The van der Waals surface area contributed by atoms with Gasteiger partial charge in [-0.1, -0.05) is 45.0 Å². The highest BCUT2D eigenvalue weighted by molar-refractivity contribution is 6.10. The molecular formula is C26H31NO5. The summed E-state index contributed by atoms with van der Waals surface area (Å²) in [5.74, 6) is 0.120. The number of hydrogen-bond acceptors (Lipinski definition) is 5. The first-order valence-electron chi connectivity index (χ1n) is 10.7. The van der Waals surface area contributed by atoms with E-state index in [1.54, 1.807) is 27.9 Å². The summed E-state index contributed by atoms with van der Waals surface area (Å²) in [6.07, 6.45) is 0.0300. The van der Waals surface area contributed by atoms with E-state index in [2.05, 4.69) is 0 Å². The highest BCUT2D eigenvalue weighted by atomic mass is 16.5. The monoisotopic (exact) mass is 437 g/mol. The van der Waals surface area contributed by atoms with Crippen molar-refractivity contribution in [1.82, 2.24) is 4.90 Å². The Labute approximate surface area is 189 Å². The number of rotatable bonds is 7. The number of hydrogen-bond donors (Lipinski definition) is 1. The first-order chi connectivity index (χ1) is 15.0. The summed E-state index contributed by atoms with van der Waals surface area (Å²) in [6, 6.07) is 14.0. The van der Waals surface area contributed by atoms with E-state index in [0.717, 1.165) is 11.1 Å². The topological polar surface area (TPSA) is 76.1 Å². The van der Waals surface area contributed by atoms with E-state index in [1.165, 1.54) is 4.90 Å². The standard InChI is InChI=1S/C26H31NO5/c1-16(2)32-20-13-9-18(10-14-20)22-21(24(29)26(3,4)5)23(28)25(30)27(22)15-17-7-11-19(31-6)12-8-17/h7-14,16,22,28H,15H2,1-6H3. The second-order valence-corrected chi connectivity index (χ2v) is 9.26. The van der Waals surface area contributed by atoms with Crippen LogP contribution in [0.1, 0.15) is 51.8 Å². The molecule has 3 rings (SSSR count). The normalized spacial score (nSPS) is 16.7. The fraction of sp³-hybridized carbons (Fsp3) is 0.385. The Morgan fingerprint density at radius 2 is 1.59 bits per heavy atom. The lowest BCUT2D eigenvalue weighted by atomic mass is 9.82. The maximum absolute atomic E-state index is 13.3. The average Bonchev–Trinajstić information content (AvgIpc) is 2.98. The molecule has 0 fully saturated rings. The number of nitrogens with zero attached hydrogens (tertiary/aromatic N) is 1. The number of Topliss-reactive ketones (excluding diaryl/α,β-unsaturated/α-hetero) is 1. The van der Waals surface area contributed by atoms with Crippen LogP contribution in [-0.4, -0.2) is 34.9 Å². The first kappa shape index (κ1) is 23.4. The molecule has 1 unspecified atom stereocenters. The van der Waals surface area contributed by atoms with Crippen LogP contribution in [0.4, 0.5) is 0 Å². The molecule has 6 nitrogen and oxygen atoms in total. The van der Waals surface area contributed by atoms with Crippen LogP contribution < -0.4 is 9.47 Å².